The van der Waals surface area contributed by atoms with Crippen LogP contribution in [0.3, 0.4) is 0 Å². The molecule has 2 aromatic rings. The largest absolute Gasteiger partial charge is 0.393 e. The monoisotopic (exact) mass is 337 g/mol. The number of pyridine rings is 1. The highest BCUT2D eigenvalue weighted by molar-refractivity contribution is 5.91. The van der Waals surface area contributed by atoms with E-state index in [1.54, 1.807) is 6.20 Å². The fraction of sp³-hybridized carbons (Fsp3) is 0.400. The Bertz CT molecular complexity index is 763. The van der Waals surface area contributed by atoms with Crippen molar-refractivity contribution in [3.63, 3.8) is 0 Å². The lowest BCUT2D eigenvalue weighted by Crippen LogP contribution is -2.30. The third kappa shape index (κ3) is 3.37. The summed E-state index contributed by atoms with van der Waals surface area (Å²) in [5.74, 6) is 0.833. The number of Topliss-reactive ketones (excluding diaryl/α,β-unsaturated/α-hetero) is 1. The number of ketones is 1. The third-order valence-electron chi connectivity index (χ3n) is 5.22. The van der Waals surface area contributed by atoms with Crippen LogP contribution in [0.15, 0.2) is 42.6 Å². The Balaban J connectivity index is 1.54. The zero-order valence-corrected chi connectivity index (χ0v) is 14.1. The van der Waals surface area contributed by atoms with Crippen LogP contribution in [-0.4, -0.2) is 28.5 Å². The molecule has 0 amide bonds. The number of fused-ring (bicyclic) bond motifs is 1. The van der Waals surface area contributed by atoms with Crippen LogP contribution < -0.4 is 10.6 Å². The number of carbonyl (C=O) groups excluding carboxylic acids is 1. The third-order valence-corrected chi connectivity index (χ3v) is 5.22. The van der Waals surface area contributed by atoms with Gasteiger partial charge in [-0.25, -0.2) is 4.98 Å². The van der Waals surface area contributed by atoms with E-state index >= 15 is 0 Å². The van der Waals surface area contributed by atoms with Crippen molar-refractivity contribution in [1.29, 1.82) is 0 Å². The van der Waals surface area contributed by atoms with Gasteiger partial charge in [0.25, 0.3) is 0 Å². The summed E-state index contributed by atoms with van der Waals surface area (Å²) in [4.78, 5) is 17.5. The summed E-state index contributed by atoms with van der Waals surface area (Å²) >= 11 is 0. The number of anilines is 3. The van der Waals surface area contributed by atoms with Crippen LogP contribution in [0.5, 0.6) is 0 Å². The quantitative estimate of drug-likeness (QED) is 0.797. The van der Waals surface area contributed by atoms with Crippen molar-refractivity contribution in [2.45, 2.75) is 37.7 Å². The number of aromatic nitrogens is 1. The van der Waals surface area contributed by atoms with Gasteiger partial charge in [-0.2, -0.15) is 0 Å². The molecule has 1 saturated carbocycles. The fourth-order valence-electron chi connectivity index (χ4n) is 3.92. The van der Waals surface area contributed by atoms with E-state index in [1.165, 1.54) is 0 Å². The van der Waals surface area contributed by atoms with Crippen molar-refractivity contribution >= 4 is 23.0 Å². The minimum atomic E-state index is -0.333. The minimum Gasteiger partial charge on any atom is -0.393 e. The van der Waals surface area contributed by atoms with Gasteiger partial charge >= 0.3 is 0 Å². The van der Waals surface area contributed by atoms with E-state index in [2.05, 4.69) is 15.6 Å². The first-order valence-electron chi connectivity index (χ1n) is 8.98. The number of para-hydroxylation sites is 1. The van der Waals surface area contributed by atoms with E-state index < -0.39 is 0 Å². The number of hydrogen-bond donors (Lipinski definition) is 3. The zero-order chi connectivity index (χ0) is 17.2. The van der Waals surface area contributed by atoms with Crippen LogP contribution in [0.1, 0.15) is 37.2 Å². The molecule has 5 nitrogen and oxygen atoms in total. The molecule has 1 aliphatic heterocycles. The molecule has 4 rings (SSSR count). The molecule has 0 radical (unpaired) electrons. The summed E-state index contributed by atoms with van der Waals surface area (Å²) < 4.78 is 0. The number of hydrogen-bond acceptors (Lipinski definition) is 5. The van der Waals surface area contributed by atoms with Gasteiger partial charge in [0.05, 0.1) is 23.9 Å². The van der Waals surface area contributed by atoms with E-state index in [9.17, 15) is 9.90 Å². The topological polar surface area (TPSA) is 74.2 Å². The van der Waals surface area contributed by atoms with Crippen molar-refractivity contribution in [2.75, 3.05) is 17.2 Å². The van der Waals surface area contributed by atoms with E-state index in [0.29, 0.717) is 13.0 Å². The first-order chi connectivity index (χ1) is 12.2. The van der Waals surface area contributed by atoms with E-state index in [4.69, 9.17) is 0 Å². The number of aliphatic hydroxyl groups is 1. The Morgan fingerprint density at radius 3 is 2.84 bits per heavy atom. The minimum absolute atomic E-state index is 0.0350. The highest BCUT2D eigenvalue weighted by atomic mass is 16.3. The summed E-state index contributed by atoms with van der Waals surface area (Å²) in [7, 11) is 0. The molecule has 1 aromatic carbocycles. The number of aliphatic hydroxyl groups excluding tert-OH is 1. The van der Waals surface area contributed by atoms with Gasteiger partial charge < -0.3 is 15.7 Å². The number of carbonyl (C=O) groups is 1. The lowest BCUT2D eigenvalue weighted by Gasteiger charge is -2.26. The molecule has 0 saturated heterocycles. The SMILES string of the molecule is O=C(C1CCCC(O)C1)C1CNc2ncc(Nc3ccccc3)cc21. The maximum absolute atomic E-state index is 13.0. The summed E-state index contributed by atoms with van der Waals surface area (Å²) in [6.45, 7) is 0.600. The van der Waals surface area contributed by atoms with Crippen LogP contribution in [0.2, 0.25) is 0 Å². The highest BCUT2D eigenvalue weighted by Crippen LogP contribution is 2.37. The van der Waals surface area contributed by atoms with Crippen LogP contribution in [-0.2, 0) is 4.79 Å². The van der Waals surface area contributed by atoms with Crippen LogP contribution in [0.25, 0.3) is 0 Å². The van der Waals surface area contributed by atoms with Crippen molar-refractivity contribution in [1.82, 2.24) is 4.98 Å². The van der Waals surface area contributed by atoms with Crippen LogP contribution in [0.4, 0.5) is 17.2 Å². The molecule has 1 aromatic heterocycles. The fourth-order valence-corrected chi connectivity index (χ4v) is 3.92. The second-order valence-corrected chi connectivity index (χ2v) is 7.01. The van der Waals surface area contributed by atoms with Gasteiger partial charge in [-0.15, -0.1) is 0 Å². The number of rotatable bonds is 4. The summed E-state index contributed by atoms with van der Waals surface area (Å²) in [6, 6.07) is 12.0. The van der Waals surface area contributed by atoms with Crippen LogP contribution >= 0.6 is 0 Å². The second-order valence-electron chi connectivity index (χ2n) is 7.01. The molecule has 0 bridgehead atoms. The first kappa shape index (κ1) is 16.1. The number of benzene rings is 1. The van der Waals surface area contributed by atoms with Crippen molar-refractivity contribution in [3.05, 3.63) is 48.2 Å². The summed E-state index contributed by atoms with van der Waals surface area (Å²) in [5.41, 5.74) is 2.84. The average molecular weight is 337 g/mol. The Kier molecular flexibility index (Phi) is 4.40. The predicted molar refractivity (Wildman–Crippen MR) is 98.2 cm³/mol. The van der Waals surface area contributed by atoms with E-state index in [-0.39, 0.29) is 23.7 Å². The first-order valence-corrected chi connectivity index (χ1v) is 8.98. The number of nitrogens with one attached hydrogen (secondary N) is 2. The molecule has 2 aliphatic rings. The van der Waals surface area contributed by atoms with Crippen molar-refractivity contribution in [3.8, 4) is 0 Å². The van der Waals surface area contributed by atoms with Gasteiger partial charge in [0.15, 0.2) is 0 Å². The molecule has 25 heavy (non-hydrogen) atoms. The Morgan fingerprint density at radius 2 is 2.04 bits per heavy atom. The van der Waals surface area contributed by atoms with E-state index in [0.717, 1.165) is 42.0 Å². The normalized spacial score (nSPS) is 25.1. The Morgan fingerprint density at radius 1 is 1.20 bits per heavy atom. The maximum atomic E-state index is 13.0. The highest BCUT2D eigenvalue weighted by Gasteiger charge is 2.36. The van der Waals surface area contributed by atoms with Crippen molar-refractivity contribution in [2.24, 2.45) is 5.92 Å². The Labute approximate surface area is 147 Å². The van der Waals surface area contributed by atoms with Gasteiger partial charge in [-0.1, -0.05) is 24.6 Å². The lowest BCUT2D eigenvalue weighted by atomic mass is 9.79. The molecule has 3 atom stereocenters. The van der Waals surface area contributed by atoms with Crippen LogP contribution in [0, 0.1) is 5.92 Å². The van der Waals surface area contributed by atoms with Gasteiger partial charge in [-0.3, -0.25) is 4.79 Å². The van der Waals surface area contributed by atoms with Gasteiger partial charge in [0.1, 0.15) is 11.6 Å². The number of nitrogens with zero attached hydrogens (tertiary/aromatic N) is 1. The van der Waals surface area contributed by atoms with Crippen molar-refractivity contribution < 1.29 is 9.90 Å². The molecule has 2 heterocycles. The molecule has 1 fully saturated rings. The average Bonchev–Trinajstić information content (AvgIpc) is 3.05. The molecule has 130 valence electrons. The standard InChI is InChI=1S/C20H23N3O2/c24-16-8-4-5-13(9-16)19(25)18-12-22-20-17(18)10-15(11-21-20)23-14-6-2-1-3-7-14/h1-3,6-7,10-11,13,16,18,23-24H,4-5,8-9,12H2,(H,21,22). The smallest absolute Gasteiger partial charge is 0.145 e. The van der Waals surface area contributed by atoms with Gasteiger partial charge in [0, 0.05) is 23.7 Å². The predicted octanol–water partition coefficient (Wildman–Crippen LogP) is 3.45. The molecular formula is C20H23N3O2. The molecular weight excluding hydrogens is 314 g/mol. The zero-order valence-electron chi connectivity index (χ0n) is 14.1. The maximum Gasteiger partial charge on any atom is 0.145 e. The molecule has 3 N–H and O–H groups in total. The second kappa shape index (κ2) is 6.84. The lowest BCUT2D eigenvalue weighted by molar-refractivity contribution is -0.126. The van der Waals surface area contributed by atoms with Gasteiger partial charge in [0.2, 0.25) is 0 Å². The van der Waals surface area contributed by atoms with Gasteiger partial charge in [-0.05, 0) is 37.5 Å². The Hall–Kier alpha value is -2.40. The molecule has 0 spiro atoms. The van der Waals surface area contributed by atoms with E-state index in [1.807, 2.05) is 36.4 Å². The summed E-state index contributed by atoms with van der Waals surface area (Å²) in [5, 5.41) is 16.5. The molecule has 1 aliphatic carbocycles. The molecule has 3 unspecified atom stereocenters. The molecule has 5 heteroatoms. The summed E-state index contributed by atoms with van der Waals surface area (Å²) in [6.07, 6.45) is 4.68.